The second-order valence-electron chi connectivity index (χ2n) is 9.48. The van der Waals surface area contributed by atoms with Gasteiger partial charge in [-0.15, -0.1) is 0 Å². The highest BCUT2D eigenvalue weighted by atomic mass is 16.5. The molecule has 5 rings (SSSR count). The van der Waals surface area contributed by atoms with Crippen molar-refractivity contribution in [2.75, 3.05) is 23.4 Å². The number of aliphatic hydroxyl groups is 1. The first-order valence-electron chi connectivity index (χ1n) is 11.6. The van der Waals surface area contributed by atoms with E-state index in [-0.39, 0.29) is 37.2 Å². The lowest BCUT2D eigenvalue weighted by Gasteiger charge is -2.38. The number of hydrogen-bond donors (Lipinski definition) is 2. The Morgan fingerprint density at radius 3 is 2.72 bits per heavy atom. The molecule has 1 saturated carbocycles. The third kappa shape index (κ3) is 4.00. The number of carbonyl (C=O) groups is 1. The number of anilines is 3. The standard InChI is InChI=1S/C25H31N3O4/c1-16(2)32-20-8-5-17(6-9-20)24(29)28-13-18-4-3-11-26-23(18)27-21-10-7-19(12-22(21)28)25(30)14-31-15-25/h3-4,7,10-12,16-17,20,30H,5-6,8-9,13-15H2,1-2H3,(H,26,27). The molecule has 1 aliphatic carbocycles. The number of hydrogen-bond acceptors (Lipinski definition) is 6. The van der Waals surface area contributed by atoms with Crippen LogP contribution < -0.4 is 10.2 Å². The molecule has 0 radical (unpaired) electrons. The number of pyridine rings is 1. The van der Waals surface area contributed by atoms with Crippen LogP contribution in [0.2, 0.25) is 0 Å². The van der Waals surface area contributed by atoms with Gasteiger partial charge in [0.2, 0.25) is 5.91 Å². The Kier molecular flexibility index (Phi) is 5.65. The van der Waals surface area contributed by atoms with Gasteiger partial charge < -0.3 is 24.8 Å². The zero-order valence-corrected chi connectivity index (χ0v) is 18.7. The molecule has 2 aliphatic heterocycles. The number of nitrogens with one attached hydrogen (secondary N) is 1. The van der Waals surface area contributed by atoms with Crippen LogP contribution >= 0.6 is 0 Å². The van der Waals surface area contributed by atoms with Gasteiger partial charge in [0, 0.05) is 17.7 Å². The predicted octanol–water partition coefficient (Wildman–Crippen LogP) is 3.87. The lowest BCUT2D eigenvalue weighted by Crippen LogP contribution is -2.46. The summed E-state index contributed by atoms with van der Waals surface area (Å²) in [6.07, 6.45) is 5.66. The Bertz CT molecular complexity index is 996. The van der Waals surface area contributed by atoms with E-state index in [1.54, 1.807) is 6.20 Å². The van der Waals surface area contributed by atoms with Gasteiger partial charge in [-0.25, -0.2) is 4.98 Å². The van der Waals surface area contributed by atoms with Crippen molar-refractivity contribution >= 4 is 23.1 Å². The zero-order valence-electron chi connectivity index (χ0n) is 18.7. The first-order chi connectivity index (χ1) is 15.4. The second-order valence-corrected chi connectivity index (χ2v) is 9.48. The molecule has 170 valence electrons. The van der Waals surface area contributed by atoms with Gasteiger partial charge in [-0.1, -0.05) is 12.1 Å². The van der Waals surface area contributed by atoms with Crippen LogP contribution in [0.5, 0.6) is 0 Å². The molecule has 0 unspecified atom stereocenters. The molecule has 2 fully saturated rings. The molecule has 7 nitrogen and oxygen atoms in total. The topological polar surface area (TPSA) is 83.9 Å². The van der Waals surface area contributed by atoms with Gasteiger partial charge in [-0.3, -0.25) is 4.79 Å². The van der Waals surface area contributed by atoms with Crippen LogP contribution in [0.15, 0.2) is 36.5 Å². The highest BCUT2D eigenvalue weighted by molar-refractivity contribution is 5.99. The van der Waals surface area contributed by atoms with Crippen molar-refractivity contribution in [3.8, 4) is 0 Å². The summed E-state index contributed by atoms with van der Waals surface area (Å²) in [7, 11) is 0. The van der Waals surface area contributed by atoms with Crippen molar-refractivity contribution in [2.45, 2.75) is 63.9 Å². The molecule has 7 heteroatoms. The van der Waals surface area contributed by atoms with Crippen molar-refractivity contribution in [1.29, 1.82) is 0 Å². The Morgan fingerprint density at radius 1 is 1.25 bits per heavy atom. The summed E-state index contributed by atoms with van der Waals surface area (Å²) in [6, 6.07) is 9.66. The zero-order chi connectivity index (χ0) is 22.3. The van der Waals surface area contributed by atoms with E-state index in [1.807, 2.05) is 35.2 Å². The fourth-order valence-corrected chi connectivity index (χ4v) is 4.92. The molecule has 2 N–H and O–H groups in total. The third-order valence-electron chi connectivity index (χ3n) is 6.73. The summed E-state index contributed by atoms with van der Waals surface area (Å²) in [5.41, 5.74) is 2.36. The number of carbonyl (C=O) groups excluding carboxylic acids is 1. The molecule has 0 bridgehead atoms. The summed E-state index contributed by atoms with van der Waals surface area (Å²) in [6.45, 7) is 5.11. The monoisotopic (exact) mass is 437 g/mol. The number of fused-ring (bicyclic) bond motifs is 2. The maximum Gasteiger partial charge on any atom is 0.230 e. The molecule has 32 heavy (non-hydrogen) atoms. The van der Waals surface area contributed by atoms with E-state index in [0.717, 1.165) is 54.0 Å². The Morgan fingerprint density at radius 2 is 2.03 bits per heavy atom. The summed E-state index contributed by atoms with van der Waals surface area (Å²) in [5.74, 6) is 0.852. The number of rotatable bonds is 4. The molecule has 0 atom stereocenters. The number of benzene rings is 1. The van der Waals surface area contributed by atoms with Gasteiger partial charge in [-0.2, -0.15) is 0 Å². The summed E-state index contributed by atoms with van der Waals surface area (Å²) >= 11 is 0. The number of aromatic nitrogens is 1. The predicted molar refractivity (Wildman–Crippen MR) is 122 cm³/mol. The smallest absolute Gasteiger partial charge is 0.230 e. The summed E-state index contributed by atoms with van der Waals surface area (Å²) < 4.78 is 11.2. The van der Waals surface area contributed by atoms with Gasteiger partial charge in [0.05, 0.1) is 43.3 Å². The molecule has 1 aromatic heterocycles. The third-order valence-corrected chi connectivity index (χ3v) is 6.73. The molecule has 1 amide bonds. The van der Waals surface area contributed by atoms with Crippen LogP contribution in [-0.2, 0) is 26.4 Å². The number of amides is 1. The van der Waals surface area contributed by atoms with E-state index in [4.69, 9.17) is 9.47 Å². The van der Waals surface area contributed by atoms with Crippen LogP contribution in [0.25, 0.3) is 0 Å². The molecule has 2 aromatic rings. The van der Waals surface area contributed by atoms with Crippen LogP contribution in [0.3, 0.4) is 0 Å². The first-order valence-corrected chi connectivity index (χ1v) is 11.6. The van der Waals surface area contributed by atoms with E-state index < -0.39 is 5.60 Å². The fraction of sp³-hybridized carbons (Fsp3) is 0.520. The van der Waals surface area contributed by atoms with E-state index in [2.05, 4.69) is 24.1 Å². The Hall–Kier alpha value is -2.48. The van der Waals surface area contributed by atoms with Crippen molar-refractivity contribution in [3.63, 3.8) is 0 Å². The van der Waals surface area contributed by atoms with Gasteiger partial charge in [0.15, 0.2) is 0 Å². The van der Waals surface area contributed by atoms with E-state index >= 15 is 0 Å². The molecule has 3 aliphatic rings. The number of nitrogens with zero attached hydrogens (tertiary/aromatic N) is 2. The Labute approximate surface area is 188 Å². The molecular weight excluding hydrogens is 406 g/mol. The average molecular weight is 438 g/mol. The second kappa shape index (κ2) is 8.46. The fourth-order valence-electron chi connectivity index (χ4n) is 4.92. The molecule has 1 aromatic carbocycles. The van der Waals surface area contributed by atoms with Gasteiger partial charge in [0.1, 0.15) is 11.4 Å². The average Bonchev–Trinajstić information content (AvgIpc) is 2.93. The lowest BCUT2D eigenvalue weighted by molar-refractivity contribution is -0.184. The highest BCUT2D eigenvalue weighted by Crippen LogP contribution is 2.41. The van der Waals surface area contributed by atoms with Gasteiger partial charge >= 0.3 is 0 Å². The van der Waals surface area contributed by atoms with Crippen LogP contribution in [0.1, 0.15) is 50.7 Å². The SMILES string of the molecule is CC(C)OC1CCC(C(=O)N2Cc3cccnc3Nc3ccc(C4(O)COC4)cc32)CC1. The highest BCUT2D eigenvalue weighted by Gasteiger charge is 2.40. The minimum atomic E-state index is -0.993. The van der Waals surface area contributed by atoms with Gasteiger partial charge in [-0.05, 0) is 63.3 Å². The number of ether oxygens (including phenoxy) is 2. The molecular formula is C25H31N3O4. The van der Waals surface area contributed by atoms with E-state index in [0.29, 0.717) is 6.54 Å². The Balaban J connectivity index is 1.45. The van der Waals surface area contributed by atoms with Gasteiger partial charge in [0.25, 0.3) is 0 Å². The van der Waals surface area contributed by atoms with Crippen molar-refractivity contribution in [1.82, 2.24) is 4.98 Å². The van der Waals surface area contributed by atoms with Crippen molar-refractivity contribution < 1.29 is 19.4 Å². The van der Waals surface area contributed by atoms with Crippen LogP contribution in [-0.4, -0.2) is 41.4 Å². The molecule has 1 saturated heterocycles. The quantitative estimate of drug-likeness (QED) is 0.755. The van der Waals surface area contributed by atoms with E-state index in [1.165, 1.54) is 0 Å². The molecule has 3 heterocycles. The summed E-state index contributed by atoms with van der Waals surface area (Å²) in [5, 5.41) is 14.2. The largest absolute Gasteiger partial charge is 0.380 e. The van der Waals surface area contributed by atoms with Crippen LogP contribution in [0.4, 0.5) is 17.2 Å². The normalized spacial score (nSPS) is 24.1. The van der Waals surface area contributed by atoms with E-state index in [9.17, 15) is 9.90 Å². The summed E-state index contributed by atoms with van der Waals surface area (Å²) in [4.78, 5) is 20.2. The first kappa shape index (κ1) is 21.4. The minimum absolute atomic E-state index is 0.0353. The maximum absolute atomic E-state index is 13.8. The minimum Gasteiger partial charge on any atom is -0.380 e. The van der Waals surface area contributed by atoms with Crippen LogP contribution in [0, 0.1) is 5.92 Å². The van der Waals surface area contributed by atoms with Crippen molar-refractivity contribution in [2.24, 2.45) is 5.92 Å². The maximum atomic E-state index is 13.8. The molecule has 0 spiro atoms. The van der Waals surface area contributed by atoms with Crippen molar-refractivity contribution in [3.05, 3.63) is 47.7 Å². The lowest BCUT2D eigenvalue weighted by atomic mass is 9.86.